The summed E-state index contributed by atoms with van der Waals surface area (Å²) < 4.78 is 27.0. The summed E-state index contributed by atoms with van der Waals surface area (Å²) in [4.78, 5) is 10.3. The van der Waals surface area contributed by atoms with Gasteiger partial charge in [-0.25, -0.2) is 18.1 Å². The summed E-state index contributed by atoms with van der Waals surface area (Å²) in [5.41, 5.74) is 3.03. The molecule has 0 aromatic carbocycles. The van der Waals surface area contributed by atoms with Crippen molar-refractivity contribution in [1.82, 2.24) is 29.4 Å². The molecular formula is C17H28N6O2S. The Balaban J connectivity index is 1.61. The van der Waals surface area contributed by atoms with Crippen molar-refractivity contribution in [2.45, 2.75) is 58.8 Å². The van der Waals surface area contributed by atoms with Crippen molar-refractivity contribution in [3.63, 3.8) is 0 Å². The van der Waals surface area contributed by atoms with Crippen LogP contribution in [0.5, 0.6) is 0 Å². The van der Waals surface area contributed by atoms with E-state index in [-0.39, 0.29) is 6.54 Å². The van der Waals surface area contributed by atoms with Crippen LogP contribution >= 0.6 is 0 Å². The third kappa shape index (κ3) is 5.39. The zero-order valence-electron chi connectivity index (χ0n) is 15.5. The van der Waals surface area contributed by atoms with E-state index in [1.54, 1.807) is 0 Å². The number of fused-ring (bicyclic) bond motifs is 1. The van der Waals surface area contributed by atoms with Crippen molar-refractivity contribution in [2.75, 3.05) is 12.8 Å². The van der Waals surface area contributed by atoms with Gasteiger partial charge in [0, 0.05) is 44.5 Å². The van der Waals surface area contributed by atoms with Crippen molar-refractivity contribution < 1.29 is 8.42 Å². The molecule has 0 unspecified atom stereocenters. The number of nitrogens with one attached hydrogen (secondary N) is 2. The Labute approximate surface area is 155 Å². The van der Waals surface area contributed by atoms with Crippen LogP contribution in [0.15, 0.2) is 12.3 Å². The number of aryl methyl sites for hydroxylation is 2. The number of sulfonamides is 1. The van der Waals surface area contributed by atoms with Crippen molar-refractivity contribution in [3.05, 3.63) is 35.2 Å². The van der Waals surface area contributed by atoms with Gasteiger partial charge in [-0.3, -0.25) is 9.58 Å². The minimum Gasteiger partial charge on any atom is -0.345 e. The Morgan fingerprint density at radius 2 is 2.19 bits per heavy atom. The van der Waals surface area contributed by atoms with Crippen LogP contribution in [0.25, 0.3) is 0 Å². The normalized spacial score (nSPS) is 15.8. The summed E-state index contributed by atoms with van der Waals surface area (Å²) in [6.45, 7) is 5.92. The van der Waals surface area contributed by atoms with Gasteiger partial charge in [-0.15, -0.1) is 0 Å². The molecule has 0 bridgehead atoms. The molecule has 26 heavy (non-hydrogen) atoms. The molecule has 0 fully saturated rings. The van der Waals surface area contributed by atoms with Gasteiger partial charge in [-0.2, -0.15) is 5.10 Å². The largest absolute Gasteiger partial charge is 0.345 e. The molecule has 1 aliphatic rings. The molecule has 144 valence electrons. The number of H-pyrrole nitrogens is 1. The number of aromatic amines is 1. The molecule has 8 nitrogen and oxygen atoms in total. The van der Waals surface area contributed by atoms with Crippen LogP contribution in [0.3, 0.4) is 0 Å². The molecule has 0 saturated heterocycles. The van der Waals surface area contributed by atoms with Crippen LogP contribution in [0, 0.1) is 0 Å². The number of rotatable bonds is 8. The zero-order valence-corrected chi connectivity index (χ0v) is 16.3. The Hall–Kier alpha value is -1.71. The minimum atomic E-state index is -3.21. The van der Waals surface area contributed by atoms with E-state index in [0.29, 0.717) is 0 Å². The van der Waals surface area contributed by atoms with Crippen LogP contribution in [0.2, 0.25) is 0 Å². The number of nitrogens with zero attached hydrogens (tertiary/aromatic N) is 4. The first kappa shape index (κ1) is 19.1. The first-order valence-electron chi connectivity index (χ1n) is 9.18. The molecule has 3 rings (SSSR count). The standard InChI is InChI=1S/C17H28N6O2S/c1-3-4-6-17-18-10-15(20-17)12-22-7-5-8-23-16(13-22)9-14(21-23)11-19-26(2,24)25/h9-10,19H,3-8,11-13H2,1-2H3,(H,18,20). The SMILES string of the molecule is CCCCc1ncc(CN2CCCn3nc(CNS(C)(=O)=O)cc3C2)[nH]1. The van der Waals surface area contributed by atoms with E-state index in [1.165, 1.54) is 6.42 Å². The van der Waals surface area contributed by atoms with Gasteiger partial charge in [0.25, 0.3) is 0 Å². The first-order chi connectivity index (χ1) is 12.4. The zero-order chi connectivity index (χ0) is 18.6. The van der Waals surface area contributed by atoms with E-state index in [1.807, 2.05) is 16.9 Å². The van der Waals surface area contributed by atoms with Crippen molar-refractivity contribution in [2.24, 2.45) is 0 Å². The fourth-order valence-corrected chi connectivity index (χ4v) is 3.62. The van der Waals surface area contributed by atoms with Gasteiger partial charge in [-0.05, 0) is 18.9 Å². The van der Waals surface area contributed by atoms with Gasteiger partial charge in [0.15, 0.2) is 0 Å². The van der Waals surface area contributed by atoms with Crippen molar-refractivity contribution in [1.29, 1.82) is 0 Å². The average molecular weight is 381 g/mol. The lowest BCUT2D eigenvalue weighted by molar-refractivity contribution is 0.258. The summed E-state index contributed by atoms with van der Waals surface area (Å²) in [6.07, 6.45) is 7.44. The molecule has 0 radical (unpaired) electrons. The second-order valence-corrected chi connectivity index (χ2v) is 8.80. The first-order valence-corrected chi connectivity index (χ1v) is 11.1. The monoisotopic (exact) mass is 380 g/mol. The third-order valence-electron chi connectivity index (χ3n) is 4.50. The summed E-state index contributed by atoms with van der Waals surface area (Å²) in [7, 11) is -3.21. The summed E-state index contributed by atoms with van der Waals surface area (Å²) >= 11 is 0. The van der Waals surface area contributed by atoms with E-state index in [9.17, 15) is 8.42 Å². The van der Waals surface area contributed by atoms with Gasteiger partial charge in [0.2, 0.25) is 10.0 Å². The maximum Gasteiger partial charge on any atom is 0.209 e. The van der Waals surface area contributed by atoms with Gasteiger partial charge in [0.1, 0.15) is 5.82 Å². The van der Waals surface area contributed by atoms with Crippen LogP contribution < -0.4 is 4.72 Å². The van der Waals surface area contributed by atoms with Crippen LogP contribution in [0.1, 0.15) is 49.1 Å². The lowest BCUT2D eigenvalue weighted by Crippen LogP contribution is -2.23. The van der Waals surface area contributed by atoms with Gasteiger partial charge in [0.05, 0.1) is 24.2 Å². The number of hydrogen-bond acceptors (Lipinski definition) is 5. The Morgan fingerprint density at radius 1 is 1.35 bits per heavy atom. The highest BCUT2D eigenvalue weighted by molar-refractivity contribution is 7.88. The summed E-state index contributed by atoms with van der Waals surface area (Å²) in [6, 6.07) is 2.00. The highest BCUT2D eigenvalue weighted by Crippen LogP contribution is 2.16. The fourth-order valence-electron chi connectivity index (χ4n) is 3.21. The number of hydrogen-bond donors (Lipinski definition) is 2. The molecular weight excluding hydrogens is 352 g/mol. The van der Waals surface area contributed by atoms with E-state index in [4.69, 9.17) is 0 Å². The summed E-state index contributed by atoms with van der Waals surface area (Å²) in [5.74, 6) is 1.07. The Kier molecular flexibility index (Phi) is 6.10. The maximum absolute atomic E-state index is 11.3. The summed E-state index contributed by atoms with van der Waals surface area (Å²) in [5, 5.41) is 4.54. The topological polar surface area (TPSA) is 95.9 Å². The minimum absolute atomic E-state index is 0.236. The average Bonchev–Trinajstić information content (AvgIpc) is 3.13. The lowest BCUT2D eigenvalue weighted by atomic mass is 10.2. The van der Waals surface area contributed by atoms with E-state index < -0.39 is 10.0 Å². The molecule has 0 spiro atoms. The predicted octanol–water partition coefficient (Wildman–Crippen LogP) is 1.40. The fraction of sp³-hybridized carbons (Fsp3) is 0.647. The maximum atomic E-state index is 11.3. The lowest BCUT2D eigenvalue weighted by Gasteiger charge is -2.18. The highest BCUT2D eigenvalue weighted by atomic mass is 32.2. The molecule has 2 aromatic heterocycles. The smallest absolute Gasteiger partial charge is 0.209 e. The van der Waals surface area contributed by atoms with E-state index in [0.717, 1.165) is 74.6 Å². The van der Waals surface area contributed by atoms with E-state index in [2.05, 4.69) is 31.6 Å². The van der Waals surface area contributed by atoms with Gasteiger partial charge >= 0.3 is 0 Å². The molecule has 2 N–H and O–H groups in total. The third-order valence-corrected chi connectivity index (χ3v) is 5.17. The van der Waals surface area contributed by atoms with Gasteiger partial charge in [-0.1, -0.05) is 13.3 Å². The molecule has 3 heterocycles. The van der Waals surface area contributed by atoms with Crippen molar-refractivity contribution in [3.8, 4) is 0 Å². The molecule has 0 saturated carbocycles. The predicted molar refractivity (Wildman–Crippen MR) is 99.8 cm³/mol. The van der Waals surface area contributed by atoms with Crippen molar-refractivity contribution >= 4 is 10.0 Å². The number of unbranched alkanes of at least 4 members (excludes halogenated alkanes) is 1. The Bertz CT molecular complexity index is 826. The van der Waals surface area contributed by atoms with Gasteiger partial charge < -0.3 is 4.98 Å². The molecule has 1 aliphatic heterocycles. The van der Waals surface area contributed by atoms with Crippen LogP contribution in [-0.2, 0) is 42.6 Å². The Morgan fingerprint density at radius 3 is 2.96 bits per heavy atom. The number of aromatic nitrogens is 4. The molecule has 0 atom stereocenters. The molecule has 9 heteroatoms. The molecule has 2 aromatic rings. The van der Waals surface area contributed by atoms with Crippen LogP contribution in [-0.4, -0.2) is 45.9 Å². The second-order valence-electron chi connectivity index (χ2n) is 6.97. The molecule has 0 amide bonds. The van der Waals surface area contributed by atoms with Crippen LogP contribution in [0.4, 0.5) is 0 Å². The highest BCUT2D eigenvalue weighted by Gasteiger charge is 2.18. The quantitative estimate of drug-likeness (QED) is 0.722. The number of imidazole rings is 1. The second kappa shape index (κ2) is 8.32. The van der Waals surface area contributed by atoms with E-state index >= 15 is 0 Å². The molecule has 0 aliphatic carbocycles.